The summed E-state index contributed by atoms with van der Waals surface area (Å²) in [5.41, 5.74) is 7.66. The minimum Gasteiger partial charge on any atom is -0.361 e. The normalized spacial score (nSPS) is 23.1. The fourth-order valence-corrected chi connectivity index (χ4v) is 10.2. The van der Waals surface area contributed by atoms with Crippen molar-refractivity contribution in [3.05, 3.63) is 71.0 Å². The summed E-state index contributed by atoms with van der Waals surface area (Å²) in [4.78, 5) is 35.7. The van der Waals surface area contributed by atoms with E-state index in [9.17, 15) is 9.59 Å². The zero-order valence-corrected chi connectivity index (χ0v) is 33.8. The molecule has 2 aliphatic heterocycles. The van der Waals surface area contributed by atoms with Crippen LogP contribution in [0.15, 0.2) is 48.8 Å². The average molecular weight is 805 g/mol. The monoisotopic (exact) mass is 804 g/mol. The number of nitrogens with one attached hydrogen (secondary N) is 1. The van der Waals surface area contributed by atoms with Crippen LogP contribution in [0, 0.1) is 25.7 Å². The minimum absolute atomic E-state index is 0.370. The fraction of sp³-hybridized carbons (Fsp3) is 0.591. The van der Waals surface area contributed by atoms with Gasteiger partial charge in [0, 0.05) is 79.3 Å². The molecule has 4 heterocycles. The van der Waals surface area contributed by atoms with E-state index in [1.165, 1.54) is 121 Å². The molecule has 4 atom stereocenters. The van der Waals surface area contributed by atoms with Gasteiger partial charge in [0.2, 0.25) is 11.8 Å². The second-order valence-electron chi connectivity index (χ2n) is 15.7. The summed E-state index contributed by atoms with van der Waals surface area (Å²) in [6.45, 7) is 6.28. The maximum absolute atomic E-state index is 13.0. The highest BCUT2D eigenvalue weighted by molar-refractivity contribution is 14.1. The van der Waals surface area contributed by atoms with E-state index in [0.717, 1.165) is 37.8 Å². The van der Waals surface area contributed by atoms with Gasteiger partial charge >= 0.3 is 0 Å². The van der Waals surface area contributed by atoms with Crippen molar-refractivity contribution < 1.29 is 9.59 Å². The molecule has 2 aromatic carbocycles. The Balaban J connectivity index is 0.000000168. The van der Waals surface area contributed by atoms with E-state index >= 15 is 0 Å². The number of piperidine rings is 2. The minimum atomic E-state index is 0.370. The molecule has 2 saturated heterocycles. The maximum atomic E-state index is 13.0. The van der Waals surface area contributed by atoms with E-state index in [1.807, 2.05) is 4.93 Å². The summed E-state index contributed by atoms with van der Waals surface area (Å²) in [6.07, 6.45) is 22.8. The zero-order chi connectivity index (χ0) is 35.9. The van der Waals surface area contributed by atoms with Crippen molar-refractivity contribution in [2.45, 2.75) is 129 Å². The van der Waals surface area contributed by atoms with Gasteiger partial charge in [-0.15, -0.1) is 0 Å². The van der Waals surface area contributed by atoms with Crippen molar-refractivity contribution in [3.63, 3.8) is 0 Å². The third-order valence-electron chi connectivity index (χ3n) is 12.6. The number of aromatic nitrogens is 2. The molecule has 1 N–H and O–H groups in total. The van der Waals surface area contributed by atoms with Crippen LogP contribution in [0.4, 0.5) is 0 Å². The second-order valence-corrected chi connectivity index (χ2v) is 15.7. The number of likely N-dealkylation sites (tertiary alicyclic amines) is 2. The van der Waals surface area contributed by atoms with Crippen molar-refractivity contribution in [3.8, 4) is 0 Å². The lowest BCUT2D eigenvalue weighted by molar-refractivity contribution is -0.138. The average Bonchev–Trinajstić information content (AvgIpc) is 3.75. The predicted molar refractivity (Wildman–Crippen MR) is 221 cm³/mol. The number of carbonyl (C=O) groups excluding carboxylic acids is 2. The molecule has 2 saturated carbocycles. The topological polar surface area (TPSA) is 61.3 Å². The molecule has 4 unspecified atom stereocenters. The molecular formula is C44H61IN4O2. The first kappa shape index (κ1) is 37.9. The zero-order valence-electron chi connectivity index (χ0n) is 31.7. The van der Waals surface area contributed by atoms with Crippen LogP contribution in [0.2, 0.25) is 0 Å². The van der Waals surface area contributed by atoms with Crippen LogP contribution >= 0.6 is 22.6 Å². The van der Waals surface area contributed by atoms with E-state index in [0.29, 0.717) is 36.7 Å². The Morgan fingerprint density at radius 2 is 1.20 bits per heavy atom. The molecule has 4 aliphatic rings. The lowest BCUT2D eigenvalue weighted by Crippen LogP contribution is -2.49. The summed E-state index contributed by atoms with van der Waals surface area (Å²) in [5.74, 6) is 2.29. The summed E-state index contributed by atoms with van der Waals surface area (Å²) in [7, 11) is 2.10. The SMILES string of the molecule is CI.Cc1cccc2[nH]cc(CCC(=O)N3CCCC4CCCCC43)c12.Cc1cccc2c1c(CCC(=O)N1CCCC3CCCCC31)cn2C. The fourth-order valence-electron chi connectivity index (χ4n) is 10.2. The molecule has 6 nitrogen and oxygen atoms in total. The highest BCUT2D eigenvalue weighted by Gasteiger charge is 2.36. The Morgan fingerprint density at radius 1 is 0.686 bits per heavy atom. The molecule has 0 radical (unpaired) electrons. The van der Waals surface area contributed by atoms with E-state index in [2.05, 4.69) is 112 Å². The third kappa shape index (κ3) is 8.55. The Labute approximate surface area is 320 Å². The van der Waals surface area contributed by atoms with E-state index in [1.54, 1.807) is 0 Å². The van der Waals surface area contributed by atoms with Crippen LogP contribution in [0.3, 0.4) is 0 Å². The van der Waals surface area contributed by atoms with Gasteiger partial charge in [-0.3, -0.25) is 9.59 Å². The van der Waals surface area contributed by atoms with Gasteiger partial charge in [-0.25, -0.2) is 0 Å². The van der Waals surface area contributed by atoms with Crippen LogP contribution < -0.4 is 0 Å². The Morgan fingerprint density at radius 3 is 1.80 bits per heavy atom. The number of hydrogen-bond acceptors (Lipinski definition) is 2. The standard InChI is InChI=1S/C22H30N2O.C21H28N2O.CH3I/c1-16-7-5-11-20-22(16)18(15-23(20)2)12-13-21(25)24-14-6-9-17-8-3-4-10-19(17)24;1-15-6-4-9-18-21(15)17(14-22-18)11-12-20(24)23-13-5-8-16-7-2-3-10-19(16)23;1-2/h5,7,11,15,17,19H,3-4,6,8-10,12-14H2,1-2H3;4,6,9,14,16,19,22H,2-3,5,7-8,10-13H2,1H3;1H3. The van der Waals surface area contributed by atoms with Gasteiger partial charge in [0.1, 0.15) is 0 Å². The molecule has 4 aromatic rings. The van der Waals surface area contributed by atoms with Crippen LogP contribution in [0.5, 0.6) is 0 Å². The molecule has 2 aliphatic carbocycles. The number of H-pyrrole nitrogens is 1. The molecular weight excluding hydrogens is 743 g/mol. The van der Waals surface area contributed by atoms with Crippen molar-refractivity contribution in [1.29, 1.82) is 0 Å². The number of carbonyl (C=O) groups is 2. The number of rotatable bonds is 6. The molecule has 276 valence electrons. The van der Waals surface area contributed by atoms with Crippen LogP contribution in [-0.4, -0.2) is 61.3 Å². The Hall–Kier alpha value is -2.81. The van der Waals surface area contributed by atoms with Gasteiger partial charge in [0.25, 0.3) is 0 Å². The third-order valence-corrected chi connectivity index (χ3v) is 12.6. The van der Waals surface area contributed by atoms with Gasteiger partial charge in [-0.1, -0.05) is 72.5 Å². The molecule has 0 spiro atoms. The van der Waals surface area contributed by atoms with Crippen molar-refractivity contribution >= 4 is 56.2 Å². The summed E-state index contributed by atoms with van der Waals surface area (Å²) >= 11 is 2.15. The number of alkyl halides is 1. The van der Waals surface area contributed by atoms with Crippen LogP contribution in [0.25, 0.3) is 21.8 Å². The highest BCUT2D eigenvalue weighted by atomic mass is 127. The van der Waals surface area contributed by atoms with Gasteiger partial charge in [-0.2, -0.15) is 0 Å². The van der Waals surface area contributed by atoms with Crippen LogP contribution in [-0.2, 0) is 29.5 Å². The van der Waals surface area contributed by atoms with Crippen LogP contribution in [0.1, 0.15) is 112 Å². The largest absolute Gasteiger partial charge is 0.361 e. The molecule has 2 aromatic heterocycles. The molecule has 8 rings (SSSR count). The Bertz CT molecular complexity index is 1770. The lowest BCUT2D eigenvalue weighted by atomic mass is 9.78. The number of aromatic amines is 1. The van der Waals surface area contributed by atoms with Crippen molar-refractivity contribution in [2.75, 3.05) is 18.0 Å². The first-order chi connectivity index (χ1) is 24.9. The van der Waals surface area contributed by atoms with Crippen molar-refractivity contribution in [1.82, 2.24) is 19.4 Å². The smallest absolute Gasteiger partial charge is 0.223 e. The second kappa shape index (κ2) is 17.8. The number of amides is 2. The number of fused-ring (bicyclic) bond motifs is 4. The van der Waals surface area contributed by atoms with E-state index < -0.39 is 0 Å². The van der Waals surface area contributed by atoms with Gasteiger partial charge in [0.15, 0.2) is 0 Å². The van der Waals surface area contributed by atoms with Crippen molar-refractivity contribution in [2.24, 2.45) is 18.9 Å². The number of halogens is 1. The molecule has 4 fully saturated rings. The number of aryl methyl sites for hydroxylation is 5. The van der Waals surface area contributed by atoms with E-state index in [4.69, 9.17) is 0 Å². The van der Waals surface area contributed by atoms with Gasteiger partial charge in [-0.05, 0) is 129 Å². The van der Waals surface area contributed by atoms with Gasteiger partial charge < -0.3 is 19.4 Å². The molecule has 2 amide bonds. The highest BCUT2D eigenvalue weighted by Crippen LogP contribution is 2.37. The summed E-state index contributed by atoms with van der Waals surface area (Å²) in [5, 5.41) is 2.64. The first-order valence-electron chi connectivity index (χ1n) is 19.9. The maximum Gasteiger partial charge on any atom is 0.223 e. The number of nitrogens with zero attached hydrogens (tertiary/aromatic N) is 3. The van der Waals surface area contributed by atoms with E-state index in [-0.39, 0.29) is 0 Å². The molecule has 51 heavy (non-hydrogen) atoms. The molecule has 7 heteroatoms. The first-order valence-corrected chi connectivity index (χ1v) is 22.1. The number of benzene rings is 2. The predicted octanol–water partition coefficient (Wildman–Crippen LogP) is 10.2. The lowest BCUT2D eigenvalue weighted by Gasteiger charge is -2.44. The quantitative estimate of drug-likeness (QED) is 0.156. The molecule has 0 bridgehead atoms. The van der Waals surface area contributed by atoms with Gasteiger partial charge in [0.05, 0.1) is 0 Å². The Kier molecular flexibility index (Phi) is 13.2. The summed E-state index contributed by atoms with van der Waals surface area (Å²) < 4.78 is 2.19. The number of hydrogen-bond donors (Lipinski definition) is 1. The summed E-state index contributed by atoms with van der Waals surface area (Å²) in [6, 6.07) is 13.9.